The van der Waals surface area contributed by atoms with Crippen LogP contribution in [0.15, 0.2) is 35.2 Å². The summed E-state index contributed by atoms with van der Waals surface area (Å²) in [5.74, 6) is 0.468. The first-order valence-corrected chi connectivity index (χ1v) is 9.27. The van der Waals surface area contributed by atoms with Gasteiger partial charge in [-0.3, -0.25) is 0 Å². The lowest BCUT2D eigenvalue weighted by Crippen LogP contribution is -2.37. The van der Waals surface area contributed by atoms with E-state index in [4.69, 9.17) is 4.74 Å². The lowest BCUT2D eigenvalue weighted by molar-refractivity contribution is 0.296. The molecule has 1 aromatic rings. The molecule has 22 heavy (non-hydrogen) atoms. The molecule has 0 N–H and O–H groups in total. The number of allylic oxidation sites excluding steroid dienone is 1. The van der Waals surface area contributed by atoms with Crippen LogP contribution in [-0.2, 0) is 10.0 Å². The largest absolute Gasteiger partial charge is 0.492 e. The van der Waals surface area contributed by atoms with Crippen LogP contribution in [0.4, 0.5) is 0 Å². The van der Waals surface area contributed by atoms with Crippen molar-refractivity contribution < 1.29 is 13.2 Å². The van der Waals surface area contributed by atoms with Crippen molar-refractivity contribution in [3.8, 4) is 5.75 Å². The van der Waals surface area contributed by atoms with Crippen molar-refractivity contribution in [2.75, 3.05) is 13.2 Å². The van der Waals surface area contributed by atoms with Crippen LogP contribution in [0.1, 0.15) is 38.7 Å². The van der Waals surface area contributed by atoms with Gasteiger partial charge in [-0.25, -0.2) is 8.42 Å². The van der Waals surface area contributed by atoms with Gasteiger partial charge in [0.1, 0.15) is 10.6 Å². The molecule has 1 aliphatic rings. The van der Waals surface area contributed by atoms with E-state index >= 15 is 0 Å². The average molecular weight is 323 g/mol. The molecule has 0 aliphatic carbocycles. The van der Waals surface area contributed by atoms with Gasteiger partial charge in [-0.1, -0.05) is 18.2 Å². The second-order valence-corrected chi connectivity index (χ2v) is 7.79. The lowest BCUT2D eigenvalue weighted by atomic mass is 10.2. The Kier molecular flexibility index (Phi) is 5.64. The van der Waals surface area contributed by atoms with E-state index in [0.717, 1.165) is 24.8 Å². The van der Waals surface area contributed by atoms with Crippen LogP contribution in [0, 0.1) is 6.92 Å². The third kappa shape index (κ3) is 3.90. The third-order valence-electron chi connectivity index (χ3n) is 3.74. The normalized spacial score (nSPS) is 21.3. The minimum Gasteiger partial charge on any atom is -0.492 e. The van der Waals surface area contributed by atoms with Crippen LogP contribution >= 0.6 is 0 Å². The van der Waals surface area contributed by atoms with E-state index < -0.39 is 10.0 Å². The van der Waals surface area contributed by atoms with Gasteiger partial charge in [0.25, 0.3) is 0 Å². The second-order valence-electron chi connectivity index (χ2n) is 5.93. The van der Waals surface area contributed by atoms with Crippen molar-refractivity contribution >= 4 is 10.0 Å². The molecule has 0 aromatic heterocycles. The molecule has 1 heterocycles. The summed E-state index contributed by atoms with van der Waals surface area (Å²) in [6, 6.07) is 5.18. The molecule has 0 unspecified atom stereocenters. The summed E-state index contributed by atoms with van der Waals surface area (Å²) in [6.45, 7) is 6.67. The maximum atomic E-state index is 13.0. The minimum absolute atomic E-state index is 0.105. The standard InChI is InChI=1S/C17H25NO3S/c1-14(2)18-11-7-5-4-6-8-12-21-16-13-15(3)9-10-17(16)22(18,19)20/h5,7,9-10,13-14H,4,6,8,11-12H2,1-3H3/b7-5-. The summed E-state index contributed by atoms with van der Waals surface area (Å²) in [6.07, 6.45) is 6.93. The molecule has 0 radical (unpaired) electrons. The molecule has 0 saturated heterocycles. The molecule has 1 aliphatic heterocycles. The quantitative estimate of drug-likeness (QED) is 0.743. The van der Waals surface area contributed by atoms with Crippen LogP contribution in [0.25, 0.3) is 0 Å². The Morgan fingerprint density at radius 2 is 1.95 bits per heavy atom. The van der Waals surface area contributed by atoms with Crippen LogP contribution in [0.3, 0.4) is 0 Å². The molecule has 0 amide bonds. The Balaban J connectivity index is 2.50. The summed E-state index contributed by atoms with van der Waals surface area (Å²) in [7, 11) is -3.57. The van der Waals surface area contributed by atoms with Crippen LogP contribution in [0.5, 0.6) is 5.75 Å². The number of hydrogen-bond acceptors (Lipinski definition) is 3. The highest BCUT2D eigenvalue weighted by Crippen LogP contribution is 2.29. The van der Waals surface area contributed by atoms with Gasteiger partial charge in [-0.2, -0.15) is 4.31 Å². The number of fused-ring (bicyclic) bond motifs is 1. The molecule has 1 aromatic carbocycles. The van der Waals surface area contributed by atoms with E-state index in [1.165, 1.54) is 4.31 Å². The Hall–Kier alpha value is -1.33. The highest BCUT2D eigenvalue weighted by atomic mass is 32.2. The summed E-state index contributed by atoms with van der Waals surface area (Å²) < 4.78 is 33.3. The van der Waals surface area contributed by atoms with Crippen molar-refractivity contribution in [2.45, 2.75) is 51.0 Å². The van der Waals surface area contributed by atoms with Crippen molar-refractivity contribution in [3.63, 3.8) is 0 Å². The topological polar surface area (TPSA) is 46.6 Å². The van der Waals surface area contributed by atoms with Gasteiger partial charge < -0.3 is 4.74 Å². The van der Waals surface area contributed by atoms with E-state index in [-0.39, 0.29) is 10.9 Å². The summed E-state index contributed by atoms with van der Waals surface area (Å²) >= 11 is 0. The smallest absolute Gasteiger partial charge is 0.247 e. The Labute approximate surface area is 133 Å². The van der Waals surface area contributed by atoms with Gasteiger partial charge in [-0.15, -0.1) is 0 Å². The van der Waals surface area contributed by atoms with Crippen LogP contribution in [-0.4, -0.2) is 31.9 Å². The number of sulfonamides is 1. The molecule has 0 atom stereocenters. The average Bonchev–Trinajstić information content (AvgIpc) is 2.43. The van der Waals surface area contributed by atoms with E-state index in [0.29, 0.717) is 18.9 Å². The lowest BCUT2D eigenvalue weighted by Gasteiger charge is -2.26. The van der Waals surface area contributed by atoms with Gasteiger partial charge in [0.2, 0.25) is 10.0 Å². The Bertz CT molecular complexity index is 635. The first-order chi connectivity index (χ1) is 10.4. The maximum Gasteiger partial charge on any atom is 0.247 e. The third-order valence-corrected chi connectivity index (χ3v) is 5.82. The van der Waals surface area contributed by atoms with Crippen molar-refractivity contribution in [2.24, 2.45) is 0 Å². The van der Waals surface area contributed by atoms with E-state index in [2.05, 4.69) is 6.08 Å². The molecule has 4 nitrogen and oxygen atoms in total. The number of rotatable bonds is 1. The fourth-order valence-electron chi connectivity index (χ4n) is 2.50. The fraction of sp³-hybridized carbons (Fsp3) is 0.529. The van der Waals surface area contributed by atoms with Crippen molar-refractivity contribution in [1.82, 2.24) is 4.31 Å². The van der Waals surface area contributed by atoms with Crippen LogP contribution < -0.4 is 4.74 Å². The van der Waals surface area contributed by atoms with Crippen molar-refractivity contribution in [3.05, 3.63) is 35.9 Å². The summed E-state index contributed by atoms with van der Waals surface area (Å²) in [5, 5.41) is 0. The molecule has 0 bridgehead atoms. The second kappa shape index (κ2) is 7.29. The SMILES string of the molecule is Cc1ccc2c(c1)OCCCC/C=C\CN(C(C)C)S2(=O)=O. The highest BCUT2D eigenvalue weighted by molar-refractivity contribution is 7.89. The Morgan fingerprint density at radius 3 is 2.68 bits per heavy atom. The predicted octanol–water partition coefficient (Wildman–Crippen LogP) is 3.51. The first kappa shape index (κ1) is 17.0. The molecular formula is C17H25NO3S. The van der Waals surface area contributed by atoms with Crippen molar-refractivity contribution in [1.29, 1.82) is 0 Å². The Morgan fingerprint density at radius 1 is 1.18 bits per heavy atom. The number of benzene rings is 1. The van der Waals surface area contributed by atoms with Gasteiger partial charge in [0.15, 0.2) is 0 Å². The van der Waals surface area contributed by atoms with E-state index in [1.807, 2.05) is 39.0 Å². The van der Waals surface area contributed by atoms with Gasteiger partial charge >= 0.3 is 0 Å². The van der Waals surface area contributed by atoms with E-state index in [9.17, 15) is 8.42 Å². The monoisotopic (exact) mass is 323 g/mol. The maximum absolute atomic E-state index is 13.0. The molecule has 122 valence electrons. The highest BCUT2D eigenvalue weighted by Gasteiger charge is 2.29. The predicted molar refractivity (Wildman–Crippen MR) is 88.7 cm³/mol. The van der Waals surface area contributed by atoms with Gasteiger partial charge in [-0.05, 0) is 57.7 Å². The molecule has 0 spiro atoms. The zero-order valence-corrected chi connectivity index (χ0v) is 14.4. The number of nitrogens with zero attached hydrogens (tertiary/aromatic N) is 1. The first-order valence-electron chi connectivity index (χ1n) is 7.83. The van der Waals surface area contributed by atoms with Crippen LogP contribution in [0.2, 0.25) is 0 Å². The van der Waals surface area contributed by atoms with Gasteiger partial charge in [0.05, 0.1) is 6.61 Å². The summed E-state index contributed by atoms with van der Waals surface area (Å²) in [4.78, 5) is 0.265. The zero-order valence-electron chi connectivity index (χ0n) is 13.6. The molecule has 0 fully saturated rings. The number of ether oxygens (including phenoxy) is 1. The molecule has 2 rings (SSSR count). The zero-order chi connectivity index (χ0) is 16.2. The molecular weight excluding hydrogens is 298 g/mol. The molecule has 0 saturated carbocycles. The number of aryl methyl sites for hydroxylation is 1. The van der Waals surface area contributed by atoms with E-state index in [1.54, 1.807) is 6.07 Å². The van der Waals surface area contributed by atoms with Gasteiger partial charge in [0, 0.05) is 12.6 Å². The summed E-state index contributed by atoms with van der Waals surface area (Å²) in [5.41, 5.74) is 0.997. The number of hydrogen-bond donors (Lipinski definition) is 0. The minimum atomic E-state index is -3.57. The fourth-order valence-corrected chi connectivity index (χ4v) is 4.20. The molecule has 5 heteroatoms.